The third-order valence-electron chi connectivity index (χ3n) is 3.16. The van der Waals surface area contributed by atoms with Gasteiger partial charge in [0.25, 0.3) is 0 Å². The van der Waals surface area contributed by atoms with Crippen molar-refractivity contribution in [2.45, 2.75) is 31.8 Å². The van der Waals surface area contributed by atoms with Gasteiger partial charge in [0, 0.05) is 36.7 Å². The molecule has 0 radical (unpaired) electrons. The summed E-state index contributed by atoms with van der Waals surface area (Å²) in [4.78, 5) is 2.71. The zero-order valence-corrected chi connectivity index (χ0v) is 9.28. The molecule has 2 aliphatic heterocycles. The average Bonchev–Trinajstić information content (AvgIpc) is 2.20. The van der Waals surface area contributed by atoms with Gasteiger partial charge in [0.2, 0.25) is 0 Å². The van der Waals surface area contributed by atoms with E-state index < -0.39 is 0 Å². The maximum atomic E-state index is 3.50. The Bertz CT molecular complexity index is 157. The highest BCUT2D eigenvalue weighted by atomic mass is 32.2. The first kappa shape index (κ1) is 9.81. The third kappa shape index (κ3) is 2.39. The largest absolute Gasteiger partial charge is 0.315 e. The molecule has 2 atom stereocenters. The molecule has 0 aliphatic carbocycles. The van der Waals surface area contributed by atoms with Gasteiger partial charge in [0.15, 0.2) is 0 Å². The Balaban J connectivity index is 1.88. The number of nitrogens with zero attached hydrogens (tertiary/aromatic N) is 1. The minimum atomic E-state index is 0.795. The fourth-order valence-electron chi connectivity index (χ4n) is 2.40. The minimum Gasteiger partial charge on any atom is -0.315 e. The molecule has 2 fully saturated rings. The van der Waals surface area contributed by atoms with E-state index in [4.69, 9.17) is 0 Å². The summed E-state index contributed by atoms with van der Waals surface area (Å²) in [6.07, 6.45) is 2.77. The Hall–Kier alpha value is 0.270. The van der Waals surface area contributed by atoms with Gasteiger partial charge < -0.3 is 5.32 Å². The lowest BCUT2D eigenvalue weighted by Crippen LogP contribution is -2.52. The molecule has 2 rings (SSSR count). The third-order valence-corrected chi connectivity index (χ3v) is 4.35. The van der Waals surface area contributed by atoms with E-state index in [0.717, 1.165) is 12.1 Å². The Morgan fingerprint density at radius 1 is 1.46 bits per heavy atom. The van der Waals surface area contributed by atoms with Crippen LogP contribution in [-0.2, 0) is 0 Å². The fourth-order valence-corrected chi connectivity index (χ4v) is 3.44. The van der Waals surface area contributed by atoms with Crippen LogP contribution in [0.2, 0.25) is 0 Å². The Morgan fingerprint density at radius 3 is 3.08 bits per heavy atom. The topological polar surface area (TPSA) is 15.3 Å². The normalized spacial score (nSPS) is 37.6. The molecule has 0 spiro atoms. The fraction of sp³-hybridized carbons (Fsp3) is 1.00. The molecule has 2 aliphatic rings. The number of rotatable bonds is 1. The molecule has 2 unspecified atom stereocenters. The van der Waals surface area contributed by atoms with Crippen LogP contribution in [0.25, 0.3) is 0 Å². The summed E-state index contributed by atoms with van der Waals surface area (Å²) in [5.41, 5.74) is 0. The number of nitrogens with one attached hydrogen (secondary N) is 1. The van der Waals surface area contributed by atoms with Gasteiger partial charge in [-0.1, -0.05) is 0 Å². The van der Waals surface area contributed by atoms with Crippen molar-refractivity contribution in [3.8, 4) is 0 Å². The summed E-state index contributed by atoms with van der Waals surface area (Å²) in [6, 6.07) is 1.62. The molecule has 2 heterocycles. The van der Waals surface area contributed by atoms with Gasteiger partial charge in [0.05, 0.1) is 0 Å². The van der Waals surface area contributed by atoms with Crippen molar-refractivity contribution in [2.24, 2.45) is 0 Å². The van der Waals surface area contributed by atoms with Crippen molar-refractivity contribution < 1.29 is 0 Å². The summed E-state index contributed by atoms with van der Waals surface area (Å²) in [7, 11) is 0. The van der Waals surface area contributed by atoms with E-state index in [2.05, 4.69) is 28.9 Å². The number of hydrogen-bond acceptors (Lipinski definition) is 3. The van der Waals surface area contributed by atoms with Gasteiger partial charge in [-0.3, -0.25) is 4.90 Å². The molecule has 0 aromatic rings. The van der Waals surface area contributed by atoms with Gasteiger partial charge in [-0.05, 0) is 26.3 Å². The minimum absolute atomic E-state index is 0.795. The highest BCUT2D eigenvalue weighted by Crippen LogP contribution is 2.21. The smallest absolute Gasteiger partial charge is 0.0224 e. The van der Waals surface area contributed by atoms with E-state index >= 15 is 0 Å². The highest BCUT2D eigenvalue weighted by molar-refractivity contribution is 7.99. The summed E-state index contributed by atoms with van der Waals surface area (Å²) in [5, 5.41) is 3.50. The van der Waals surface area contributed by atoms with Crippen LogP contribution in [-0.4, -0.2) is 48.1 Å². The predicted molar refractivity (Wildman–Crippen MR) is 59.4 cm³/mol. The van der Waals surface area contributed by atoms with E-state index in [-0.39, 0.29) is 0 Å². The molecule has 13 heavy (non-hydrogen) atoms. The van der Waals surface area contributed by atoms with Crippen molar-refractivity contribution >= 4 is 11.8 Å². The van der Waals surface area contributed by atoms with Crippen LogP contribution in [0.3, 0.4) is 0 Å². The molecular weight excluding hydrogens is 180 g/mol. The molecule has 76 valence electrons. The van der Waals surface area contributed by atoms with Gasteiger partial charge in [-0.25, -0.2) is 0 Å². The molecular formula is C10H20N2S. The number of piperidine rings is 1. The van der Waals surface area contributed by atoms with Crippen LogP contribution < -0.4 is 5.32 Å². The van der Waals surface area contributed by atoms with Crippen LogP contribution in [0.1, 0.15) is 19.8 Å². The molecule has 1 N–H and O–H groups in total. The van der Waals surface area contributed by atoms with E-state index in [1.54, 1.807) is 0 Å². The maximum Gasteiger partial charge on any atom is 0.0224 e. The second-order valence-corrected chi connectivity index (χ2v) is 5.31. The van der Waals surface area contributed by atoms with E-state index in [0.29, 0.717) is 0 Å². The zero-order valence-electron chi connectivity index (χ0n) is 8.46. The lowest BCUT2D eigenvalue weighted by atomic mass is 10.0. The van der Waals surface area contributed by atoms with Crippen molar-refractivity contribution in [1.82, 2.24) is 10.2 Å². The lowest BCUT2D eigenvalue weighted by molar-refractivity contribution is 0.136. The monoisotopic (exact) mass is 200 g/mol. The van der Waals surface area contributed by atoms with E-state index in [9.17, 15) is 0 Å². The second-order valence-electron chi connectivity index (χ2n) is 4.16. The molecule has 2 saturated heterocycles. The Morgan fingerprint density at radius 2 is 2.38 bits per heavy atom. The van der Waals surface area contributed by atoms with Crippen molar-refractivity contribution in [3.63, 3.8) is 0 Å². The van der Waals surface area contributed by atoms with E-state index in [1.165, 1.54) is 44.0 Å². The zero-order chi connectivity index (χ0) is 9.10. The first-order valence-electron chi connectivity index (χ1n) is 5.42. The summed E-state index contributed by atoms with van der Waals surface area (Å²) < 4.78 is 0. The maximum absolute atomic E-state index is 3.50. The summed E-state index contributed by atoms with van der Waals surface area (Å²) >= 11 is 2.11. The van der Waals surface area contributed by atoms with E-state index in [1.807, 2.05) is 0 Å². The molecule has 0 bridgehead atoms. The highest BCUT2D eigenvalue weighted by Gasteiger charge is 2.26. The first-order valence-corrected chi connectivity index (χ1v) is 6.57. The number of thioether (sulfide) groups is 1. The molecule has 0 amide bonds. The van der Waals surface area contributed by atoms with Crippen LogP contribution in [0, 0.1) is 0 Å². The number of hydrogen-bond donors (Lipinski definition) is 1. The van der Waals surface area contributed by atoms with Gasteiger partial charge in [0.1, 0.15) is 0 Å². The van der Waals surface area contributed by atoms with Crippen LogP contribution >= 0.6 is 11.8 Å². The lowest BCUT2D eigenvalue weighted by Gasteiger charge is -2.41. The average molecular weight is 200 g/mol. The Kier molecular flexibility index (Phi) is 3.52. The van der Waals surface area contributed by atoms with Crippen molar-refractivity contribution in [3.05, 3.63) is 0 Å². The van der Waals surface area contributed by atoms with Crippen LogP contribution in [0.15, 0.2) is 0 Å². The van der Waals surface area contributed by atoms with Crippen molar-refractivity contribution in [2.75, 3.05) is 31.1 Å². The second kappa shape index (κ2) is 4.67. The molecule has 0 aromatic carbocycles. The SMILES string of the molecule is CC1CSCCN1C1CCCNC1. The van der Waals surface area contributed by atoms with Crippen LogP contribution in [0.5, 0.6) is 0 Å². The van der Waals surface area contributed by atoms with Gasteiger partial charge >= 0.3 is 0 Å². The molecule has 3 heteroatoms. The van der Waals surface area contributed by atoms with Crippen molar-refractivity contribution in [1.29, 1.82) is 0 Å². The van der Waals surface area contributed by atoms with Gasteiger partial charge in [-0.2, -0.15) is 11.8 Å². The first-order chi connectivity index (χ1) is 6.38. The standard InChI is InChI=1S/C10H20N2S/c1-9-8-13-6-5-12(9)10-3-2-4-11-7-10/h9-11H,2-8H2,1H3. The molecule has 2 nitrogen and oxygen atoms in total. The molecule has 0 saturated carbocycles. The summed E-state index contributed by atoms with van der Waals surface area (Å²) in [5.74, 6) is 2.66. The summed E-state index contributed by atoms with van der Waals surface area (Å²) in [6.45, 7) is 6.13. The van der Waals surface area contributed by atoms with Gasteiger partial charge in [-0.15, -0.1) is 0 Å². The Labute approximate surface area is 85.4 Å². The quantitative estimate of drug-likeness (QED) is 0.684. The van der Waals surface area contributed by atoms with Crippen LogP contribution in [0.4, 0.5) is 0 Å². The predicted octanol–water partition coefficient (Wildman–Crippen LogP) is 1.18. The molecule has 0 aromatic heterocycles.